The zero-order chi connectivity index (χ0) is 27.2. The SMILES string of the molecule is Cc1cc(N2C(=S)N[C@@H](c3ccccn3)[C@H]2c2c(C)c(C)n(-c3ccccc3)c2C)ccc1NS(C)(=O)=O. The van der Waals surface area contributed by atoms with Crippen LogP contribution in [0, 0.1) is 27.7 Å². The molecule has 1 aliphatic heterocycles. The van der Waals surface area contributed by atoms with Gasteiger partial charge in [0.2, 0.25) is 10.0 Å². The molecule has 7 nitrogen and oxygen atoms in total. The van der Waals surface area contributed by atoms with Crippen molar-refractivity contribution in [2.45, 2.75) is 39.8 Å². The van der Waals surface area contributed by atoms with Crippen LogP contribution in [0.4, 0.5) is 11.4 Å². The van der Waals surface area contributed by atoms with Crippen molar-refractivity contribution in [3.63, 3.8) is 0 Å². The van der Waals surface area contributed by atoms with E-state index in [4.69, 9.17) is 12.2 Å². The van der Waals surface area contributed by atoms with Crippen molar-refractivity contribution >= 4 is 38.7 Å². The van der Waals surface area contributed by atoms with E-state index in [1.165, 1.54) is 16.8 Å². The molecule has 2 N–H and O–H groups in total. The summed E-state index contributed by atoms with van der Waals surface area (Å²) < 4.78 is 28.6. The Kier molecular flexibility index (Phi) is 6.75. The van der Waals surface area contributed by atoms with Crippen molar-refractivity contribution in [1.29, 1.82) is 0 Å². The first kappa shape index (κ1) is 25.9. The molecule has 0 saturated carbocycles. The van der Waals surface area contributed by atoms with Crippen molar-refractivity contribution in [2.75, 3.05) is 15.9 Å². The van der Waals surface area contributed by atoms with E-state index in [1.54, 1.807) is 12.3 Å². The number of hydrogen-bond donors (Lipinski definition) is 2. The molecule has 0 unspecified atom stereocenters. The van der Waals surface area contributed by atoms with Gasteiger partial charge in [0.25, 0.3) is 0 Å². The molecule has 196 valence electrons. The number of nitrogens with one attached hydrogen (secondary N) is 2. The molecule has 0 bridgehead atoms. The Balaban J connectivity index is 1.69. The second-order valence-corrected chi connectivity index (χ2v) is 11.9. The number of rotatable bonds is 6. The molecule has 1 aliphatic rings. The van der Waals surface area contributed by atoms with Crippen molar-refractivity contribution in [3.05, 3.63) is 107 Å². The number of hydrogen-bond acceptors (Lipinski definition) is 4. The highest BCUT2D eigenvalue weighted by molar-refractivity contribution is 7.92. The molecule has 2 aromatic carbocycles. The second kappa shape index (κ2) is 9.89. The van der Waals surface area contributed by atoms with Crippen molar-refractivity contribution < 1.29 is 8.42 Å². The number of aromatic nitrogens is 2. The van der Waals surface area contributed by atoms with E-state index in [9.17, 15) is 8.42 Å². The summed E-state index contributed by atoms with van der Waals surface area (Å²) >= 11 is 5.93. The smallest absolute Gasteiger partial charge is 0.229 e. The maximum absolute atomic E-state index is 11.8. The van der Waals surface area contributed by atoms with Gasteiger partial charge in [0.05, 0.1) is 29.7 Å². The molecule has 9 heteroatoms. The minimum atomic E-state index is -3.39. The van der Waals surface area contributed by atoms with Crippen molar-refractivity contribution in [3.8, 4) is 5.69 Å². The maximum Gasteiger partial charge on any atom is 0.229 e. The van der Waals surface area contributed by atoms with E-state index in [1.807, 2.05) is 55.5 Å². The van der Waals surface area contributed by atoms with E-state index in [0.717, 1.165) is 34.6 Å². The van der Waals surface area contributed by atoms with Gasteiger partial charge in [-0.25, -0.2) is 8.42 Å². The zero-order valence-electron chi connectivity index (χ0n) is 22.1. The Labute approximate surface area is 229 Å². The van der Waals surface area contributed by atoms with E-state index in [0.29, 0.717) is 10.8 Å². The lowest BCUT2D eigenvalue weighted by atomic mass is 9.93. The molecule has 2 aromatic heterocycles. The molecule has 1 saturated heterocycles. The summed E-state index contributed by atoms with van der Waals surface area (Å²) in [6.45, 7) is 8.36. The van der Waals surface area contributed by atoms with Crippen LogP contribution in [0.15, 0.2) is 72.9 Å². The number of benzene rings is 2. The van der Waals surface area contributed by atoms with Crippen molar-refractivity contribution in [1.82, 2.24) is 14.9 Å². The van der Waals surface area contributed by atoms with Gasteiger partial charge in [-0.15, -0.1) is 0 Å². The number of anilines is 2. The average Bonchev–Trinajstić information content (AvgIpc) is 3.32. The Bertz CT molecular complexity index is 1620. The molecule has 0 aliphatic carbocycles. The molecule has 3 heterocycles. The van der Waals surface area contributed by atoms with Crippen LogP contribution in [0.5, 0.6) is 0 Å². The van der Waals surface area contributed by atoms with Gasteiger partial charge in [-0.05, 0) is 93.5 Å². The fourth-order valence-electron chi connectivity index (χ4n) is 5.44. The average molecular weight is 546 g/mol. The molecule has 5 rings (SSSR count). The fraction of sp³-hybridized carbons (Fsp3) is 0.241. The van der Waals surface area contributed by atoms with Gasteiger partial charge in [0.15, 0.2) is 5.11 Å². The molecule has 0 amide bonds. The topological polar surface area (TPSA) is 79.3 Å². The van der Waals surface area contributed by atoms with E-state index >= 15 is 0 Å². The summed E-state index contributed by atoms with van der Waals surface area (Å²) in [5.74, 6) is 0. The summed E-state index contributed by atoms with van der Waals surface area (Å²) in [5, 5.41) is 4.13. The van der Waals surface area contributed by atoms with Crippen LogP contribution < -0.4 is 14.9 Å². The second-order valence-electron chi connectivity index (χ2n) is 9.75. The number of aryl methyl sites for hydroxylation is 1. The highest BCUT2D eigenvalue weighted by atomic mass is 32.2. The predicted octanol–water partition coefficient (Wildman–Crippen LogP) is 5.65. The molecule has 0 spiro atoms. The van der Waals surface area contributed by atoms with Gasteiger partial charge in [-0.1, -0.05) is 24.3 Å². The lowest BCUT2D eigenvalue weighted by molar-refractivity contribution is 0.563. The summed E-state index contributed by atoms with van der Waals surface area (Å²) in [6.07, 6.45) is 2.95. The van der Waals surface area contributed by atoms with Gasteiger partial charge in [-0.3, -0.25) is 9.71 Å². The van der Waals surface area contributed by atoms with Gasteiger partial charge in [-0.2, -0.15) is 0 Å². The third-order valence-corrected chi connectivity index (χ3v) is 8.10. The Hall–Kier alpha value is -3.69. The van der Waals surface area contributed by atoms with Crippen LogP contribution in [0.2, 0.25) is 0 Å². The lowest BCUT2D eigenvalue weighted by Gasteiger charge is -2.29. The third kappa shape index (κ3) is 4.68. The first-order valence-electron chi connectivity index (χ1n) is 12.4. The minimum absolute atomic E-state index is 0.172. The highest BCUT2D eigenvalue weighted by Crippen LogP contribution is 2.45. The van der Waals surface area contributed by atoms with Crippen LogP contribution in [0.1, 0.15) is 45.9 Å². The van der Waals surface area contributed by atoms with Crippen molar-refractivity contribution in [2.24, 2.45) is 0 Å². The number of thiocarbonyl (C=S) groups is 1. The minimum Gasteiger partial charge on any atom is -0.351 e. The lowest BCUT2D eigenvalue weighted by Crippen LogP contribution is -2.30. The normalized spacial score (nSPS) is 17.5. The highest BCUT2D eigenvalue weighted by Gasteiger charge is 2.43. The van der Waals surface area contributed by atoms with Gasteiger partial charge < -0.3 is 14.8 Å². The molecular formula is C29H31N5O2S2. The van der Waals surface area contributed by atoms with Gasteiger partial charge in [0.1, 0.15) is 0 Å². The monoisotopic (exact) mass is 545 g/mol. The number of sulfonamides is 1. The first-order valence-corrected chi connectivity index (χ1v) is 14.7. The standard InChI is InChI=1S/C29H31N5O2S2/c1-18-17-23(14-15-24(18)32-38(5,35)36)34-28(27(31-29(34)37)25-13-9-10-16-30-25)26-19(2)20(3)33(21(26)4)22-11-7-6-8-12-22/h6-17,27-28,32H,1-5H3,(H,31,37)/t27-,28+/m0/s1. The molecule has 1 fully saturated rings. The summed E-state index contributed by atoms with van der Waals surface area (Å²) in [6, 6.07) is 21.6. The molecule has 2 atom stereocenters. The summed E-state index contributed by atoms with van der Waals surface area (Å²) in [5.41, 5.74) is 8.94. The Morgan fingerprint density at radius 2 is 1.63 bits per heavy atom. The van der Waals surface area contributed by atoms with Gasteiger partial charge in [0, 0.05) is 34.5 Å². The molecular weight excluding hydrogens is 514 g/mol. The Morgan fingerprint density at radius 3 is 2.26 bits per heavy atom. The van der Waals surface area contributed by atoms with Crippen LogP contribution in [-0.4, -0.2) is 29.3 Å². The van der Waals surface area contributed by atoms with Crippen LogP contribution in [0.3, 0.4) is 0 Å². The first-order chi connectivity index (χ1) is 18.1. The Morgan fingerprint density at radius 1 is 0.921 bits per heavy atom. The van der Waals surface area contributed by atoms with Gasteiger partial charge >= 0.3 is 0 Å². The largest absolute Gasteiger partial charge is 0.351 e. The fourth-order valence-corrected chi connectivity index (χ4v) is 6.42. The number of nitrogens with zero attached hydrogens (tertiary/aromatic N) is 3. The van der Waals surface area contributed by atoms with Crippen LogP contribution >= 0.6 is 12.2 Å². The number of para-hydroxylation sites is 1. The summed E-state index contributed by atoms with van der Waals surface area (Å²) in [7, 11) is -3.39. The maximum atomic E-state index is 11.8. The van der Waals surface area contributed by atoms with Crippen LogP contribution in [-0.2, 0) is 10.0 Å². The quantitative estimate of drug-likeness (QED) is 0.305. The van der Waals surface area contributed by atoms with E-state index in [-0.39, 0.29) is 12.1 Å². The predicted molar refractivity (Wildman–Crippen MR) is 158 cm³/mol. The third-order valence-electron chi connectivity index (χ3n) is 7.20. The molecule has 38 heavy (non-hydrogen) atoms. The van der Waals surface area contributed by atoms with E-state index < -0.39 is 10.0 Å². The number of pyridine rings is 1. The zero-order valence-corrected chi connectivity index (χ0v) is 23.7. The van der Waals surface area contributed by atoms with Crippen LogP contribution in [0.25, 0.3) is 5.69 Å². The summed E-state index contributed by atoms with van der Waals surface area (Å²) in [4.78, 5) is 6.82. The molecule has 4 aromatic rings. The van der Waals surface area contributed by atoms with E-state index in [2.05, 4.69) is 57.4 Å². The molecule has 0 radical (unpaired) electrons.